The van der Waals surface area contributed by atoms with Crippen molar-refractivity contribution >= 4 is 5.97 Å². The maximum atomic E-state index is 10.5. The van der Waals surface area contributed by atoms with E-state index >= 15 is 0 Å². The number of nitrogens with zero attached hydrogens (tertiary/aromatic N) is 1. The van der Waals surface area contributed by atoms with E-state index in [0.717, 1.165) is 28.6 Å². The van der Waals surface area contributed by atoms with Gasteiger partial charge in [-0.1, -0.05) is 6.07 Å². The van der Waals surface area contributed by atoms with Crippen LogP contribution in [0.5, 0.6) is 11.5 Å². The lowest BCUT2D eigenvalue weighted by Gasteiger charge is -2.01. The lowest BCUT2D eigenvalue weighted by atomic mass is 10.1. The Morgan fingerprint density at radius 3 is 3.05 bits per heavy atom. The zero-order chi connectivity index (χ0) is 13.9. The van der Waals surface area contributed by atoms with Crippen LogP contribution in [0.1, 0.15) is 23.5 Å². The van der Waals surface area contributed by atoms with Crippen molar-refractivity contribution in [3.05, 3.63) is 41.5 Å². The molecule has 104 valence electrons. The molecule has 0 spiro atoms. The summed E-state index contributed by atoms with van der Waals surface area (Å²) in [5.74, 6) is 1.51. The van der Waals surface area contributed by atoms with Crippen LogP contribution in [0.3, 0.4) is 0 Å². The van der Waals surface area contributed by atoms with Gasteiger partial charge < -0.3 is 19.6 Å². The van der Waals surface area contributed by atoms with Gasteiger partial charge in [0.25, 0.3) is 0 Å². The average Bonchev–Trinajstić information content (AvgIpc) is 3.04. The maximum absolute atomic E-state index is 10.5. The summed E-state index contributed by atoms with van der Waals surface area (Å²) in [4.78, 5) is 17.9. The van der Waals surface area contributed by atoms with Crippen LogP contribution in [-0.2, 0) is 17.6 Å². The number of carbonyl (C=O) groups is 1. The van der Waals surface area contributed by atoms with E-state index in [2.05, 4.69) is 9.97 Å². The molecule has 0 saturated heterocycles. The van der Waals surface area contributed by atoms with Crippen LogP contribution < -0.4 is 9.47 Å². The van der Waals surface area contributed by atoms with Gasteiger partial charge in [-0.05, 0) is 24.1 Å². The Labute approximate surface area is 115 Å². The van der Waals surface area contributed by atoms with Gasteiger partial charge in [-0.15, -0.1) is 0 Å². The Balaban J connectivity index is 1.67. The minimum Gasteiger partial charge on any atom is -0.481 e. The van der Waals surface area contributed by atoms with E-state index < -0.39 is 5.97 Å². The molecular formula is C14H14N2O4. The number of H-pyrrole nitrogens is 1. The van der Waals surface area contributed by atoms with Crippen LogP contribution in [0.15, 0.2) is 24.4 Å². The largest absolute Gasteiger partial charge is 0.481 e. The quantitative estimate of drug-likeness (QED) is 0.867. The topological polar surface area (TPSA) is 84.4 Å². The number of hydrogen-bond acceptors (Lipinski definition) is 4. The summed E-state index contributed by atoms with van der Waals surface area (Å²) < 4.78 is 10.6. The molecular weight excluding hydrogens is 260 g/mol. The molecule has 3 rings (SSSR count). The first kappa shape index (κ1) is 12.5. The van der Waals surface area contributed by atoms with Crippen molar-refractivity contribution < 1.29 is 19.4 Å². The molecule has 0 unspecified atom stereocenters. The Hall–Kier alpha value is -2.50. The second kappa shape index (κ2) is 5.24. The number of ether oxygens (including phenoxy) is 2. The number of aryl methyl sites for hydroxylation is 1. The number of fused-ring (bicyclic) bond motifs is 1. The third-order valence-corrected chi connectivity index (χ3v) is 3.10. The molecule has 1 aliphatic rings. The highest BCUT2D eigenvalue weighted by Crippen LogP contribution is 2.32. The van der Waals surface area contributed by atoms with Crippen molar-refractivity contribution in [2.75, 3.05) is 6.79 Å². The first-order chi connectivity index (χ1) is 9.70. The van der Waals surface area contributed by atoms with Crippen molar-refractivity contribution in [1.82, 2.24) is 9.97 Å². The fourth-order valence-electron chi connectivity index (χ4n) is 2.11. The van der Waals surface area contributed by atoms with Crippen molar-refractivity contribution in [3.8, 4) is 11.5 Å². The van der Waals surface area contributed by atoms with Crippen LogP contribution in [0.2, 0.25) is 0 Å². The first-order valence-electron chi connectivity index (χ1n) is 6.34. The highest BCUT2D eigenvalue weighted by molar-refractivity contribution is 5.66. The van der Waals surface area contributed by atoms with Crippen LogP contribution >= 0.6 is 0 Å². The number of aliphatic carboxylic acids is 1. The summed E-state index contributed by atoms with van der Waals surface area (Å²) in [6.07, 6.45) is 2.89. The molecule has 1 aromatic heterocycles. The van der Waals surface area contributed by atoms with Crippen LogP contribution in [-0.4, -0.2) is 27.8 Å². The lowest BCUT2D eigenvalue weighted by Crippen LogP contribution is -1.98. The first-order valence-corrected chi connectivity index (χ1v) is 6.34. The highest BCUT2D eigenvalue weighted by Gasteiger charge is 2.13. The van der Waals surface area contributed by atoms with E-state index in [4.69, 9.17) is 14.6 Å². The summed E-state index contributed by atoms with van der Waals surface area (Å²) in [5.41, 5.74) is 1.90. The number of carboxylic acid groups (broad SMARTS) is 1. The molecule has 2 N–H and O–H groups in total. The molecule has 0 saturated carbocycles. The fourth-order valence-corrected chi connectivity index (χ4v) is 2.11. The van der Waals surface area contributed by atoms with Gasteiger partial charge in [-0.25, -0.2) is 4.98 Å². The van der Waals surface area contributed by atoms with Gasteiger partial charge in [-0.2, -0.15) is 0 Å². The van der Waals surface area contributed by atoms with Gasteiger partial charge >= 0.3 is 5.97 Å². The Morgan fingerprint density at radius 1 is 1.35 bits per heavy atom. The SMILES string of the molecule is O=C(O)CCc1cnc(Cc2ccc3c(c2)OCO3)[nH]1. The summed E-state index contributed by atoms with van der Waals surface area (Å²) in [6.45, 7) is 0.263. The molecule has 2 heterocycles. The Morgan fingerprint density at radius 2 is 2.20 bits per heavy atom. The molecule has 6 nitrogen and oxygen atoms in total. The molecule has 2 aromatic rings. The van der Waals surface area contributed by atoms with Crippen molar-refractivity contribution in [1.29, 1.82) is 0 Å². The molecule has 0 fully saturated rings. The number of aromatic amines is 1. The van der Waals surface area contributed by atoms with Gasteiger partial charge in [0.1, 0.15) is 5.82 Å². The van der Waals surface area contributed by atoms with Crippen molar-refractivity contribution in [2.45, 2.75) is 19.3 Å². The van der Waals surface area contributed by atoms with Crippen molar-refractivity contribution in [3.63, 3.8) is 0 Å². The normalized spacial score (nSPS) is 12.6. The summed E-state index contributed by atoms with van der Waals surface area (Å²) in [6, 6.07) is 5.78. The van der Waals surface area contributed by atoms with Gasteiger partial charge in [0.05, 0.1) is 6.42 Å². The van der Waals surface area contributed by atoms with E-state index in [-0.39, 0.29) is 13.2 Å². The summed E-state index contributed by atoms with van der Waals surface area (Å²) in [5, 5.41) is 8.65. The molecule has 1 aliphatic heterocycles. The fraction of sp³-hybridized carbons (Fsp3) is 0.286. The molecule has 0 bridgehead atoms. The van der Waals surface area contributed by atoms with E-state index in [1.54, 1.807) is 6.20 Å². The Kier molecular flexibility index (Phi) is 3.28. The van der Waals surface area contributed by atoms with Gasteiger partial charge in [0, 0.05) is 18.3 Å². The standard InChI is InChI=1S/C14H14N2O4/c17-14(18)4-2-10-7-15-13(16-10)6-9-1-3-11-12(5-9)20-8-19-11/h1,3,5,7H,2,4,6,8H2,(H,15,16)(H,17,18). The molecule has 6 heteroatoms. The van der Waals surface area contributed by atoms with Crippen LogP contribution in [0.25, 0.3) is 0 Å². The third kappa shape index (κ3) is 2.74. The predicted octanol–water partition coefficient (Wildman–Crippen LogP) is 1.75. The molecule has 0 atom stereocenters. The zero-order valence-corrected chi connectivity index (χ0v) is 10.8. The minimum absolute atomic E-state index is 0.103. The van der Waals surface area contributed by atoms with Gasteiger partial charge in [0.15, 0.2) is 11.5 Å². The molecule has 0 aliphatic carbocycles. The second-order valence-electron chi connectivity index (χ2n) is 4.61. The number of carboxylic acids is 1. The highest BCUT2D eigenvalue weighted by atomic mass is 16.7. The summed E-state index contributed by atoms with van der Waals surface area (Å²) >= 11 is 0. The molecule has 1 aromatic carbocycles. The van der Waals surface area contributed by atoms with Crippen molar-refractivity contribution in [2.24, 2.45) is 0 Å². The summed E-state index contributed by atoms with van der Waals surface area (Å²) in [7, 11) is 0. The number of hydrogen-bond donors (Lipinski definition) is 2. The lowest BCUT2D eigenvalue weighted by molar-refractivity contribution is -0.136. The third-order valence-electron chi connectivity index (χ3n) is 3.10. The smallest absolute Gasteiger partial charge is 0.303 e. The second-order valence-corrected chi connectivity index (χ2v) is 4.61. The number of benzene rings is 1. The minimum atomic E-state index is -0.808. The number of aromatic nitrogens is 2. The zero-order valence-electron chi connectivity index (χ0n) is 10.8. The van der Waals surface area contributed by atoms with E-state index in [1.807, 2.05) is 18.2 Å². The molecule has 0 radical (unpaired) electrons. The van der Waals surface area contributed by atoms with Gasteiger partial charge in [-0.3, -0.25) is 4.79 Å². The van der Waals surface area contributed by atoms with Gasteiger partial charge in [0.2, 0.25) is 6.79 Å². The number of rotatable bonds is 5. The number of imidazole rings is 1. The maximum Gasteiger partial charge on any atom is 0.303 e. The Bertz CT molecular complexity index is 636. The van der Waals surface area contributed by atoms with E-state index in [0.29, 0.717) is 12.8 Å². The number of nitrogens with one attached hydrogen (secondary N) is 1. The average molecular weight is 274 g/mol. The van der Waals surface area contributed by atoms with Crippen LogP contribution in [0, 0.1) is 0 Å². The predicted molar refractivity (Wildman–Crippen MR) is 69.9 cm³/mol. The van der Waals surface area contributed by atoms with E-state index in [9.17, 15) is 4.79 Å². The van der Waals surface area contributed by atoms with E-state index in [1.165, 1.54) is 0 Å². The van der Waals surface area contributed by atoms with Crippen LogP contribution in [0.4, 0.5) is 0 Å². The monoisotopic (exact) mass is 274 g/mol. The molecule has 0 amide bonds. The molecule has 20 heavy (non-hydrogen) atoms.